The predicted octanol–water partition coefficient (Wildman–Crippen LogP) is 3.27. The topological polar surface area (TPSA) is 103 Å². The van der Waals surface area contributed by atoms with Gasteiger partial charge in [0.05, 0.1) is 18.2 Å². The Bertz CT molecular complexity index is 1160. The lowest BCUT2D eigenvalue weighted by Gasteiger charge is -2.34. The van der Waals surface area contributed by atoms with E-state index in [1.54, 1.807) is 7.11 Å². The molecule has 0 amide bonds. The smallest absolute Gasteiger partial charge is 0.490 e. The van der Waals surface area contributed by atoms with Crippen molar-refractivity contribution in [2.24, 2.45) is 0 Å². The Labute approximate surface area is 212 Å². The summed E-state index contributed by atoms with van der Waals surface area (Å²) < 4.78 is 42.1. The molecule has 0 unspecified atom stereocenters. The third-order valence-electron chi connectivity index (χ3n) is 6.28. The van der Waals surface area contributed by atoms with Gasteiger partial charge in [-0.05, 0) is 42.2 Å². The summed E-state index contributed by atoms with van der Waals surface area (Å²) in [6.07, 6.45) is -3.13. The number of carbonyl (C=O) groups is 2. The Kier molecular flexibility index (Phi) is 9.49. The van der Waals surface area contributed by atoms with Gasteiger partial charge in [0, 0.05) is 44.8 Å². The van der Waals surface area contributed by atoms with E-state index < -0.39 is 12.1 Å². The fourth-order valence-electron chi connectivity index (χ4n) is 4.14. The number of halogens is 3. The van der Waals surface area contributed by atoms with Crippen LogP contribution in [0.25, 0.3) is 0 Å². The SMILES string of the molecule is COc1cc(CCN2CCN(CCc3ccc4c(c3)COC4=O)CC2)ccc1C#N.O=C(O)C(F)(F)F. The molecule has 1 fully saturated rings. The summed E-state index contributed by atoms with van der Waals surface area (Å²) in [6.45, 7) is 6.74. The van der Waals surface area contributed by atoms with Crippen LogP contribution in [0.5, 0.6) is 5.75 Å². The van der Waals surface area contributed by atoms with E-state index in [1.807, 2.05) is 30.3 Å². The quantitative estimate of drug-likeness (QED) is 0.556. The number of fused-ring (bicyclic) bond motifs is 1. The van der Waals surface area contributed by atoms with Crippen LogP contribution in [0.4, 0.5) is 13.2 Å². The molecule has 37 heavy (non-hydrogen) atoms. The number of carbonyl (C=O) groups excluding carboxylic acids is 1. The molecule has 0 aromatic heterocycles. The van der Waals surface area contributed by atoms with Crippen LogP contribution in [0.1, 0.15) is 32.6 Å². The van der Waals surface area contributed by atoms with E-state index in [0.29, 0.717) is 23.5 Å². The van der Waals surface area contributed by atoms with Gasteiger partial charge in [-0.25, -0.2) is 9.59 Å². The number of hydrogen-bond donors (Lipinski definition) is 1. The second-order valence-corrected chi connectivity index (χ2v) is 8.70. The molecule has 2 aliphatic heterocycles. The van der Waals surface area contributed by atoms with E-state index in [-0.39, 0.29) is 5.97 Å². The molecule has 4 rings (SSSR count). The zero-order valence-corrected chi connectivity index (χ0v) is 20.4. The lowest BCUT2D eigenvalue weighted by molar-refractivity contribution is -0.192. The minimum absolute atomic E-state index is 0.202. The van der Waals surface area contributed by atoms with Crippen molar-refractivity contribution in [1.82, 2.24) is 9.80 Å². The number of aliphatic carboxylic acids is 1. The third-order valence-corrected chi connectivity index (χ3v) is 6.28. The lowest BCUT2D eigenvalue weighted by Crippen LogP contribution is -2.47. The van der Waals surface area contributed by atoms with Gasteiger partial charge < -0.3 is 24.4 Å². The van der Waals surface area contributed by atoms with Crippen LogP contribution >= 0.6 is 0 Å². The molecule has 0 spiro atoms. The highest BCUT2D eigenvalue weighted by atomic mass is 19.4. The molecule has 8 nitrogen and oxygen atoms in total. The number of hydrogen-bond acceptors (Lipinski definition) is 7. The second kappa shape index (κ2) is 12.6. The molecule has 0 radical (unpaired) electrons. The van der Waals surface area contributed by atoms with E-state index in [4.69, 9.17) is 24.6 Å². The molecule has 2 aromatic rings. The maximum absolute atomic E-state index is 11.6. The van der Waals surface area contributed by atoms with Crippen LogP contribution in [-0.2, 0) is 29.0 Å². The van der Waals surface area contributed by atoms with Gasteiger partial charge in [-0.1, -0.05) is 18.2 Å². The van der Waals surface area contributed by atoms with Gasteiger partial charge in [-0.15, -0.1) is 0 Å². The van der Waals surface area contributed by atoms with Crippen LogP contribution in [0.3, 0.4) is 0 Å². The Morgan fingerprint density at radius 3 is 2.11 bits per heavy atom. The zero-order chi connectivity index (χ0) is 27.0. The monoisotopic (exact) mass is 519 g/mol. The first kappa shape index (κ1) is 28.0. The van der Waals surface area contributed by atoms with Crippen molar-refractivity contribution in [1.29, 1.82) is 5.26 Å². The Hall–Kier alpha value is -3.62. The Morgan fingerprint density at radius 2 is 1.59 bits per heavy atom. The largest absolute Gasteiger partial charge is 0.495 e. The number of benzene rings is 2. The molecule has 11 heteroatoms. The first-order valence-electron chi connectivity index (χ1n) is 11.7. The van der Waals surface area contributed by atoms with Crippen molar-refractivity contribution in [2.75, 3.05) is 46.4 Å². The molecular formula is C26H28F3N3O5. The number of cyclic esters (lactones) is 1. The highest BCUT2D eigenvalue weighted by molar-refractivity contribution is 5.93. The van der Waals surface area contributed by atoms with Gasteiger partial charge in [0.15, 0.2) is 0 Å². The summed E-state index contributed by atoms with van der Waals surface area (Å²) in [5, 5.41) is 16.2. The Balaban J connectivity index is 0.000000479. The average Bonchev–Trinajstić information content (AvgIpc) is 3.26. The molecule has 1 N–H and O–H groups in total. The third kappa shape index (κ3) is 7.93. The highest BCUT2D eigenvalue weighted by Gasteiger charge is 2.38. The van der Waals surface area contributed by atoms with E-state index in [2.05, 4.69) is 21.9 Å². The van der Waals surface area contributed by atoms with Crippen LogP contribution in [0.15, 0.2) is 36.4 Å². The summed E-state index contributed by atoms with van der Waals surface area (Å²) in [6, 6.07) is 14.1. The minimum atomic E-state index is -5.08. The van der Waals surface area contributed by atoms with E-state index in [1.165, 1.54) is 11.1 Å². The molecule has 198 valence electrons. The predicted molar refractivity (Wildman–Crippen MR) is 127 cm³/mol. The number of nitrogens with zero attached hydrogens (tertiary/aromatic N) is 3. The van der Waals surface area contributed by atoms with Gasteiger partial charge in [-0.2, -0.15) is 18.4 Å². The second-order valence-electron chi connectivity index (χ2n) is 8.70. The summed E-state index contributed by atoms with van der Waals surface area (Å²) >= 11 is 0. The van der Waals surface area contributed by atoms with E-state index in [0.717, 1.165) is 57.7 Å². The fraction of sp³-hybridized carbons (Fsp3) is 0.423. The number of carboxylic acid groups (broad SMARTS) is 1. The maximum atomic E-state index is 11.6. The number of piperazine rings is 1. The van der Waals surface area contributed by atoms with Crippen molar-refractivity contribution in [3.63, 3.8) is 0 Å². The van der Waals surface area contributed by atoms with E-state index >= 15 is 0 Å². The molecule has 2 heterocycles. The number of esters is 1. The van der Waals surface area contributed by atoms with Gasteiger partial charge in [0.2, 0.25) is 0 Å². The van der Waals surface area contributed by atoms with Crippen LogP contribution < -0.4 is 4.74 Å². The van der Waals surface area contributed by atoms with E-state index in [9.17, 15) is 18.0 Å². The lowest BCUT2D eigenvalue weighted by atomic mass is 10.0. The van der Waals surface area contributed by atoms with Crippen molar-refractivity contribution in [3.8, 4) is 11.8 Å². The molecule has 0 bridgehead atoms. The number of nitriles is 1. The zero-order valence-electron chi connectivity index (χ0n) is 20.4. The fourth-order valence-corrected chi connectivity index (χ4v) is 4.14. The standard InChI is InChI=1S/C24H27N3O3.C2HF3O2/c1-29-23-15-19(2-4-20(23)16-25)7-9-27-12-10-26(11-13-27)8-6-18-3-5-22-21(14-18)17-30-24(22)28;3-2(4,5)1(6)7/h2-5,14-15H,6-13,17H2,1H3;(H,6,7). The molecule has 0 atom stereocenters. The molecule has 1 saturated heterocycles. The van der Waals surface area contributed by atoms with Crippen molar-refractivity contribution >= 4 is 11.9 Å². The van der Waals surface area contributed by atoms with Crippen LogP contribution in [-0.4, -0.2) is 79.4 Å². The van der Waals surface area contributed by atoms with Crippen molar-refractivity contribution in [2.45, 2.75) is 25.6 Å². The van der Waals surface area contributed by atoms with Crippen LogP contribution in [0, 0.1) is 11.3 Å². The minimum Gasteiger partial charge on any atom is -0.495 e. The van der Waals surface area contributed by atoms with Gasteiger partial charge >= 0.3 is 18.1 Å². The molecule has 2 aromatic carbocycles. The summed E-state index contributed by atoms with van der Waals surface area (Å²) in [5.74, 6) is -2.30. The number of ether oxygens (including phenoxy) is 2. The first-order valence-corrected chi connectivity index (χ1v) is 11.7. The molecule has 0 saturated carbocycles. The number of methoxy groups -OCH3 is 1. The Morgan fingerprint density at radius 1 is 1.05 bits per heavy atom. The molecular weight excluding hydrogens is 491 g/mol. The van der Waals surface area contributed by atoms with Crippen LogP contribution in [0.2, 0.25) is 0 Å². The average molecular weight is 520 g/mol. The van der Waals surface area contributed by atoms with Gasteiger partial charge in [0.25, 0.3) is 0 Å². The number of carboxylic acids is 1. The summed E-state index contributed by atoms with van der Waals surface area (Å²) in [7, 11) is 1.61. The van der Waals surface area contributed by atoms with Crippen molar-refractivity contribution in [3.05, 3.63) is 64.2 Å². The summed E-state index contributed by atoms with van der Waals surface area (Å²) in [5.41, 5.74) is 4.78. The van der Waals surface area contributed by atoms with Gasteiger partial charge in [0.1, 0.15) is 18.4 Å². The molecule has 2 aliphatic rings. The number of alkyl halides is 3. The molecule has 0 aliphatic carbocycles. The number of rotatable bonds is 7. The van der Waals surface area contributed by atoms with Crippen molar-refractivity contribution < 1.29 is 37.3 Å². The maximum Gasteiger partial charge on any atom is 0.490 e. The normalized spacial score (nSPS) is 15.7. The first-order chi connectivity index (χ1) is 17.6. The highest BCUT2D eigenvalue weighted by Crippen LogP contribution is 2.22. The summed E-state index contributed by atoms with van der Waals surface area (Å²) in [4.78, 5) is 25.5. The van der Waals surface area contributed by atoms with Gasteiger partial charge in [-0.3, -0.25) is 0 Å².